The minimum absolute atomic E-state index is 0.0416. The van der Waals surface area contributed by atoms with E-state index >= 15 is 0 Å². The third-order valence-corrected chi connectivity index (χ3v) is 4.83. The molecule has 4 nitrogen and oxygen atoms in total. The van der Waals surface area contributed by atoms with E-state index < -0.39 is 0 Å². The van der Waals surface area contributed by atoms with Crippen LogP contribution in [-0.4, -0.2) is 30.7 Å². The maximum atomic E-state index is 11.7. The Morgan fingerprint density at radius 2 is 1.87 bits per heavy atom. The monoisotopic (exact) mass is 348 g/mol. The van der Waals surface area contributed by atoms with Gasteiger partial charge in [-0.15, -0.1) is 11.8 Å². The standard InChI is InChI=1S/C17H20N2O2S2/c1-13-2-4-15(5-3-13)23-11-9-18-16(20)6-8-19-17(21)14-7-10-22-12-14/h2-5,7,10,12H,6,8-9,11H2,1H3,(H,18,20)(H,19,21). The average Bonchev–Trinajstić information content (AvgIpc) is 3.08. The lowest BCUT2D eigenvalue weighted by atomic mass is 10.2. The van der Waals surface area contributed by atoms with Crippen LogP contribution in [0.25, 0.3) is 0 Å². The van der Waals surface area contributed by atoms with Crippen LogP contribution < -0.4 is 10.6 Å². The summed E-state index contributed by atoms with van der Waals surface area (Å²) >= 11 is 3.19. The molecule has 6 heteroatoms. The van der Waals surface area contributed by atoms with Crippen molar-refractivity contribution in [3.8, 4) is 0 Å². The van der Waals surface area contributed by atoms with Gasteiger partial charge in [-0.05, 0) is 30.5 Å². The molecule has 0 aliphatic rings. The maximum Gasteiger partial charge on any atom is 0.252 e. The smallest absolute Gasteiger partial charge is 0.252 e. The van der Waals surface area contributed by atoms with Crippen LogP contribution in [0.5, 0.6) is 0 Å². The van der Waals surface area contributed by atoms with E-state index in [9.17, 15) is 9.59 Å². The van der Waals surface area contributed by atoms with Gasteiger partial charge in [0.15, 0.2) is 0 Å². The highest BCUT2D eigenvalue weighted by molar-refractivity contribution is 7.99. The van der Waals surface area contributed by atoms with Gasteiger partial charge in [0.25, 0.3) is 5.91 Å². The summed E-state index contributed by atoms with van der Waals surface area (Å²) in [5.74, 6) is 0.657. The molecular formula is C17H20N2O2S2. The largest absolute Gasteiger partial charge is 0.355 e. The number of carbonyl (C=O) groups is 2. The molecule has 0 aliphatic carbocycles. The van der Waals surface area contributed by atoms with Crippen LogP contribution in [0, 0.1) is 6.92 Å². The van der Waals surface area contributed by atoms with Gasteiger partial charge in [-0.2, -0.15) is 11.3 Å². The molecule has 0 bridgehead atoms. The molecule has 0 fully saturated rings. The molecule has 0 aliphatic heterocycles. The molecule has 1 heterocycles. The first-order valence-corrected chi connectivity index (χ1v) is 9.34. The first-order chi connectivity index (χ1) is 11.1. The third kappa shape index (κ3) is 6.46. The first kappa shape index (κ1) is 17.6. The molecule has 2 N–H and O–H groups in total. The Hall–Kier alpha value is -1.79. The van der Waals surface area contributed by atoms with E-state index in [0.29, 0.717) is 25.1 Å². The van der Waals surface area contributed by atoms with Gasteiger partial charge in [0.05, 0.1) is 0 Å². The lowest BCUT2D eigenvalue weighted by molar-refractivity contribution is -0.120. The maximum absolute atomic E-state index is 11.7. The highest BCUT2D eigenvalue weighted by atomic mass is 32.2. The Morgan fingerprint density at radius 3 is 2.57 bits per heavy atom. The minimum atomic E-state index is -0.131. The van der Waals surface area contributed by atoms with Crippen molar-refractivity contribution in [1.82, 2.24) is 10.6 Å². The molecule has 1 aromatic carbocycles. The Bertz CT molecular complexity index is 625. The van der Waals surface area contributed by atoms with E-state index in [0.717, 1.165) is 5.75 Å². The second-order valence-corrected chi connectivity index (χ2v) is 6.98. The highest BCUT2D eigenvalue weighted by Gasteiger charge is 2.06. The van der Waals surface area contributed by atoms with Gasteiger partial charge < -0.3 is 10.6 Å². The number of nitrogens with one attached hydrogen (secondary N) is 2. The van der Waals surface area contributed by atoms with Gasteiger partial charge in [0.1, 0.15) is 0 Å². The fourth-order valence-corrected chi connectivity index (χ4v) is 3.27. The number of rotatable bonds is 8. The molecule has 0 spiro atoms. The Kier molecular flexibility index (Phi) is 7.16. The Balaban J connectivity index is 1.55. The van der Waals surface area contributed by atoms with Crippen LogP contribution in [0.1, 0.15) is 22.3 Å². The van der Waals surface area contributed by atoms with Crippen molar-refractivity contribution in [1.29, 1.82) is 0 Å². The van der Waals surface area contributed by atoms with Crippen LogP contribution in [0.15, 0.2) is 46.0 Å². The number of hydrogen-bond acceptors (Lipinski definition) is 4. The van der Waals surface area contributed by atoms with Crippen LogP contribution in [0.3, 0.4) is 0 Å². The lowest BCUT2D eigenvalue weighted by Crippen LogP contribution is -2.31. The van der Waals surface area contributed by atoms with Gasteiger partial charge in [-0.3, -0.25) is 9.59 Å². The molecule has 2 rings (SSSR count). The third-order valence-electron chi connectivity index (χ3n) is 3.13. The molecule has 0 unspecified atom stereocenters. The number of aryl methyl sites for hydroxylation is 1. The van der Waals surface area contributed by atoms with E-state index in [1.807, 2.05) is 5.38 Å². The van der Waals surface area contributed by atoms with E-state index in [1.165, 1.54) is 21.8 Å². The fraction of sp³-hybridized carbons (Fsp3) is 0.294. The van der Waals surface area contributed by atoms with Crippen molar-refractivity contribution in [2.75, 3.05) is 18.8 Å². The molecule has 0 saturated carbocycles. The molecule has 1 aromatic heterocycles. The van der Waals surface area contributed by atoms with Gasteiger partial charge in [0.2, 0.25) is 5.91 Å². The van der Waals surface area contributed by atoms with Gasteiger partial charge in [-0.25, -0.2) is 0 Å². The molecule has 0 saturated heterocycles. The number of hydrogen-bond donors (Lipinski definition) is 2. The van der Waals surface area contributed by atoms with Crippen LogP contribution >= 0.6 is 23.1 Å². The van der Waals surface area contributed by atoms with Crippen molar-refractivity contribution < 1.29 is 9.59 Å². The van der Waals surface area contributed by atoms with E-state index in [4.69, 9.17) is 0 Å². The Labute approximate surface area is 144 Å². The zero-order valence-corrected chi connectivity index (χ0v) is 14.6. The van der Waals surface area contributed by atoms with Gasteiger partial charge in [-0.1, -0.05) is 17.7 Å². The van der Waals surface area contributed by atoms with Crippen LogP contribution in [0.2, 0.25) is 0 Å². The number of carbonyl (C=O) groups excluding carboxylic acids is 2. The topological polar surface area (TPSA) is 58.2 Å². The second-order valence-electron chi connectivity index (χ2n) is 5.03. The van der Waals surface area contributed by atoms with Crippen molar-refractivity contribution in [3.05, 3.63) is 52.2 Å². The SMILES string of the molecule is Cc1ccc(SCCNC(=O)CCNC(=O)c2ccsc2)cc1. The van der Waals surface area contributed by atoms with Crippen molar-refractivity contribution in [3.63, 3.8) is 0 Å². The average molecular weight is 348 g/mol. The van der Waals surface area contributed by atoms with Crippen molar-refractivity contribution in [2.45, 2.75) is 18.2 Å². The van der Waals surface area contributed by atoms with E-state index in [2.05, 4.69) is 41.8 Å². The zero-order valence-electron chi connectivity index (χ0n) is 13.0. The summed E-state index contributed by atoms with van der Waals surface area (Å²) in [5.41, 5.74) is 1.89. The van der Waals surface area contributed by atoms with Gasteiger partial charge in [0, 0.05) is 41.1 Å². The minimum Gasteiger partial charge on any atom is -0.355 e. The first-order valence-electron chi connectivity index (χ1n) is 7.42. The molecule has 122 valence electrons. The molecule has 23 heavy (non-hydrogen) atoms. The molecule has 2 aromatic rings. The summed E-state index contributed by atoms with van der Waals surface area (Å²) in [7, 11) is 0. The predicted molar refractivity (Wildman–Crippen MR) is 96.2 cm³/mol. The summed E-state index contributed by atoms with van der Waals surface area (Å²) in [6, 6.07) is 10.1. The van der Waals surface area contributed by atoms with E-state index in [1.54, 1.807) is 23.2 Å². The summed E-state index contributed by atoms with van der Waals surface area (Å²) < 4.78 is 0. The molecular weight excluding hydrogens is 328 g/mol. The fourth-order valence-electron chi connectivity index (χ4n) is 1.87. The number of benzene rings is 1. The zero-order chi connectivity index (χ0) is 16.5. The number of thioether (sulfide) groups is 1. The molecule has 2 amide bonds. The second kappa shape index (κ2) is 9.37. The number of thiophene rings is 1. The molecule has 0 atom stereocenters. The van der Waals surface area contributed by atoms with Crippen molar-refractivity contribution in [2.24, 2.45) is 0 Å². The lowest BCUT2D eigenvalue weighted by Gasteiger charge is -2.06. The predicted octanol–water partition coefficient (Wildman–Crippen LogP) is 3.08. The highest BCUT2D eigenvalue weighted by Crippen LogP contribution is 2.17. The summed E-state index contributed by atoms with van der Waals surface area (Å²) in [4.78, 5) is 24.6. The summed E-state index contributed by atoms with van der Waals surface area (Å²) in [5, 5.41) is 9.25. The van der Waals surface area contributed by atoms with Gasteiger partial charge >= 0.3 is 0 Å². The van der Waals surface area contributed by atoms with E-state index in [-0.39, 0.29) is 11.8 Å². The Morgan fingerprint density at radius 1 is 1.09 bits per heavy atom. The van der Waals surface area contributed by atoms with Crippen molar-refractivity contribution >= 4 is 34.9 Å². The van der Waals surface area contributed by atoms with Crippen LogP contribution in [-0.2, 0) is 4.79 Å². The number of amides is 2. The summed E-state index contributed by atoms with van der Waals surface area (Å²) in [6.07, 6.45) is 0.297. The quantitative estimate of drug-likeness (QED) is 0.569. The summed E-state index contributed by atoms with van der Waals surface area (Å²) in [6.45, 7) is 3.04. The normalized spacial score (nSPS) is 10.3. The van der Waals surface area contributed by atoms with Crippen LogP contribution in [0.4, 0.5) is 0 Å². The molecule has 0 radical (unpaired) electrons.